The molecule has 3 N–H and O–H groups in total. The Labute approximate surface area is 167 Å². The number of aromatic nitrogens is 2. The molecule has 2 aliphatic rings. The van der Waals surface area contributed by atoms with Crippen LogP contribution in [0.3, 0.4) is 0 Å². The average molecular weight is 403 g/mol. The zero-order valence-electron chi connectivity index (χ0n) is 16.0. The monoisotopic (exact) mass is 402 g/mol. The third-order valence-electron chi connectivity index (χ3n) is 5.95. The number of carbonyl (C=O) groups is 2. The summed E-state index contributed by atoms with van der Waals surface area (Å²) in [5.41, 5.74) is 6.46. The lowest BCUT2D eigenvalue weighted by atomic mass is 9.96. The molecule has 1 fully saturated rings. The molecular weight excluding hydrogens is 376 g/mol. The van der Waals surface area contributed by atoms with Gasteiger partial charge in [0, 0.05) is 36.7 Å². The van der Waals surface area contributed by atoms with E-state index >= 15 is 0 Å². The van der Waals surface area contributed by atoms with Crippen molar-refractivity contribution in [1.29, 1.82) is 0 Å². The van der Waals surface area contributed by atoms with E-state index in [-0.39, 0.29) is 23.3 Å². The van der Waals surface area contributed by atoms with Crippen molar-refractivity contribution in [2.75, 3.05) is 13.1 Å². The van der Waals surface area contributed by atoms with E-state index in [0.717, 1.165) is 29.5 Å². The quantitative estimate of drug-likeness (QED) is 0.761. The van der Waals surface area contributed by atoms with Crippen LogP contribution in [0.4, 0.5) is 0 Å². The van der Waals surface area contributed by atoms with Crippen LogP contribution < -0.4 is 11.3 Å². The first-order chi connectivity index (χ1) is 13.5. The number of primary amides is 1. The Hall–Kier alpha value is -2.22. The number of carbonyl (C=O) groups excluding carboxylic acids is 2. The van der Waals surface area contributed by atoms with Gasteiger partial charge < -0.3 is 15.6 Å². The molecule has 4 rings (SSSR count). The fourth-order valence-corrected chi connectivity index (χ4v) is 5.58. The van der Waals surface area contributed by atoms with E-state index in [1.165, 1.54) is 23.3 Å². The Morgan fingerprint density at radius 3 is 2.68 bits per heavy atom. The highest BCUT2D eigenvalue weighted by molar-refractivity contribution is 7.18. The van der Waals surface area contributed by atoms with Crippen LogP contribution in [0.2, 0.25) is 0 Å². The highest BCUT2D eigenvalue weighted by Gasteiger charge is 2.26. The maximum Gasteiger partial charge on any atom is 0.259 e. The molecule has 0 bridgehead atoms. The number of amides is 2. The minimum Gasteiger partial charge on any atom is -0.369 e. The zero-order valence-corrected chi connectivity index (χ0v) is 16.8. The van der Waals surface area contributed by atoms with E-state index in [2.05, 4.69) is 9.97 Å². The second kappa shape index (κ2) is 8.03. The second-order valence-electron chi connectivity index (χ2n) is 7.81. The molecule has 3 heterocycles. The van der Waals surface area contributed by atoms with Gasteiger partial charge in [0.05, 0.1) is 5.39 Å². The highest BCUT2D eigenvalue weighted by atomic mass is 32.1. The van der Waals surface area contributed by atoms with Gasteiger partial charge in [-0.25, -0.2) is 4.98 Å². The number of nitrogens with one attached hydrogen (secondary N) is 1. The molecule has 1 saturated heterocycles. The van der Waals surface area contributed by atoms with Crippen LogP contribution in [0.25, 0.3) is 10.2 Å². The SMILES string of the molecule is NC(=O)C1CCN(C(=O)CCc2nc3sc4c(c3c(=O)[nH]2)CCCCC4)CC1. The number of nitrogens with two attached hydrogens (primary N) is 1. The summed E-state index contributed by atoms with van der Waals surface area (Å²) >= 11 is 1.64. The second-order valence-corrected chi connectivity index (χ2v) is 8.90. The third kappa shape index (κ3) is 3.83. The van der Waals surface area contributed by atoms with E-state index in [4.69, 9.17) is 5.73 Å². The molecule has 2 aromatic rings. The van der Waals surface area contributed by atoms with Crippen LogP contribution in [-0.4, -0.2) is 39.8 Å². The molecule has 0 saturated carbocycles. The summed E-state index contributed by atoms with van der Waals surface area (Å²) in [6.07, 6.45) is 7.48. The molecule has 2 aromatic heterocycles. The van der Waals surface area contributed by atoms with Crippen molar-refractivity contribution in [2.24, 2.45) is 11.7 Å². The van der Waals surface area contributed by atoms with Crippen molar-refractivity contribution >= 4 is 33.4 Å². The number of H-pyrrole nitrogens is 1. The first-order valence-corrected chi connectivity index (χ1v) is 10.9. The van der Waals surface area contributed by atoms with Gasteiger partial charge in [-0.05, 0) is 44.1 Å². The molecule has 0 atom stereocenters. The number of hydrogen-bond donors (Lipinski definition) is 2. The van der Waals surface area contributed by atoms with Gasteiger partial charge in [0.1, 0.15) is 10.7 Å². The Bertz CT molecular complexity index is 956. The molecule has 7 nitrogen and oxygen atoms in total. The van der Waals surface area contributed by atoms with Crippen molar-refractivity contribution in [1.82, 2.24) is 14.9 Å². The molecule has 0 aromatic carbocycles. The molecule has 0 unspecified atom stereocenters. The van der Waals surface area contributed by atoms with Gasteiger partial charge in [0.15, 0.2) is 0 Å². The number of fused-ring (bicyclic) bond motifs is 3. The fraction of sp³-hybridized carbons (Fsp3) is 0.600. The first-order valence-electron chi connectivity index (χ1n) is 10.1. The van der Waals surface area contributed by atoms with Crippen LogP contribution in [0.1, 0.15) is 54.8 Å². The highest BCUT2D eigenvalue weighted by Crippen LogP contribution is 2.32. The molecular formula is C20H26N4O3S. The molecule has 1 aliphatic heterocycles. The molecule has 150 valence electrons. The van der Waals surface area contributed by atoms with Gasteiger partial charge in [-0.1, -0.05) is 6.42 Å². The normalized spacial score (nSPS) is 18.1. The predicted molar refractivity (Wildman–Crippen MR) is 108 cm³/mol. The maximum absolute atomic E-state index is 12.7. The number of thiophene rings is 1. The lowest BCUT2D eigenvalue weighted by Gasteiger charge is -2.30. The fourth-order valence-electron chi connectivity index (χ4n) is 4.30. The van der Waals surface area contributed by atoms with Crippen molar-refractivity contribution in [2.45, 2.75) is 57.8 Å². The summed E-state index contributed by atoms with van der Waals surface area (Å²) < 4.78 is 0. The van der Waals surface area contributed by atoms with Gasteiger partial charge in [-0.15, -0.1) is 11.3 Å². The van der Waals surface area contributed by atoms with E-state index in [1.807, 2.05) is 0 Å². The number of hydrogen-bond acceptors (Lipinski definition) is 5. The van der Waals surface area contributed by atoms with Crippen LogP contribution in [-0.2, 0) is 28.9 Å². The lowest BCUT2D eigenvalue weighted by molar-refractivity contribution is -0.134. The molecule has 0 radical (unpaired) electrons. The van der Waals surface area contributed by atoms with Crippen molar-refractivity contribution in [3.63, 3.8) is 0 Å². The summed E-state index contributed by atoms with van der Waals surface area (Å²) in [6, 6.07) is 0. The van der Waals surface area contributed by atoms with Gasteiger partial charge >= 0.3 is 0 Å². The lowest BCUT2D eigenvalue weighted by Crippen LogP contribution is -2.41. The number of piperidine rings is 1. The van der Waals surface area contributed by atoms with E-state index < -0.39 is 0 Å². The topological polar surface area (TPSA) is 109 Å². The average Bonchev–Trinajstić information content (AvgIpc) is 2.88. The number of nitrogens with zero attached hydrogens (tertiary/aromatic N) is 2. The van der Waals surface area contributed by atoms with Crippen LogP contribution in [0.15, 0.2) is 4.79 Å². The van der Waals surface area contributed by atoms with Gasteiger partial charge in [-0.3, -0.25) is 14.4 Å². The van der Waals surface area contributed by atoms with E-state index in [9.17, 15) is 14.4 Å². The summed E-state index contributed by atoms with van der Waals surface area (Å²) in [5.74, 6) is 0.206. The standard InChI is InChI=1S/C20H26N4O3S/c21-18(26)12-8-10-24(11-9-12)16(25)7-6-15-22-19(27)17-13-4-2-1-3-5-14(13)28-20(17)23-15/h12H,1-11H2,(H2,21,26)(H,22,23,27). The van der Waals surface area contributed by atoms with Gasteiger partial charge in [0.25, 0.3) is 5.56 Å². The Kier molecular flexibility index (Phi) is 5.48. The minimum absolute atomic E-state index is 0.0348. The minimum atomic E-state index is -0.281. The number of likely N-dealkylation sites (tertiary alicyclic amines) is 1. The largest absolute Gasteiger partial charge is 0.369 e. The Morgan fingerprint density at radius 2 is 1.93 bits per heavy atom. The number of rotatable bonds is 4. The maximum atomic E-state index is 12.7. The number of aromatic amines is 1. The Balaban J connectivity index is 1.43. The van der Waals surface area contributed by atoms with E-state index in [1.54, 1.807) is 16.2 Å². The third-order valence-corrected chi connectivity index (χ3v) is 7.14. The van der Waals surface area contributed by atoms with Crippen molar-refractivity contribution in [3.05, 3.63) is 26.6 Å². The number of aryl methyl sites for hydroxylation is 3. The zero-order chi connectivity index (χ0) is 19.7. The van der Waals surface area contributed by atoms with E-state index in [0.29, 0.717) is 44.6 Å². The van der Waals surface area contributed by atoms with Crippen LogP contribution in [0, 0.1) is 5.92 Å². The molecule has 1 aliphatic carbocycles. The molecule has 2 amide bonds. The molecule has 28 heavy (non-hydrogen) atoms. The summed E-state index contributed by atoms with van der Waals surface area (Å²) in [5, 5.41) is 0.755. The van der Waals surface area contributed by atoms with Crippen molar-refractivity contribution in [3.8, 4) is 0 Å². The molecule has 8 heteroatoms. The molecule has 0 spiro atoms. The first kappa shape index (κ1) is 19.1. The van der Waals surface area contributed by atoms with Crippen LogP contribution in [0.5, 0.6) is 0 Å². The van der Waals surface area contributed by atoms with Crippen LogP contribution >= 0.6 is 11.3 Å². The smallest absolute Gasteiger partial charge is 0.259 e. The van der Waals surface area contributed by atoms with Gasteiger partial charge in [-0.2, -0.15) is 0 Å². The summed E-state index contributed by atoms with van der Waals surface area (Å²) in [6.45, 7) is 1.13. The summed E-state index contributed by atoms with van der Waals surface area (Å²) in [4.78, 5) is 47.8. The summed E-state index contributed by atoms with van der Waals surface area (Å²) in [7, 11) is 0. The predicted octanol–water partition coefficient (Wildman–Crippen LogP) is 1.91. The van der Waals surface area contributed by atoms with Crippen molar-refractivity contribution < 1.29 is 9.59 Å². The van der Waals surface area contributed by atoms with Gasteiger partial charge in [0.2, 0.25) is 11.8 Å². The Morgan fingerprint density at radius 1 is 1.18 bits per heavy atom.